The lowest BCUT2D eigenvalue weighted by molar-refractivity contribution is 0.405. The molecule has 0 aromatic heterocycles. The summed E-state index contributed by atoms with van der Waals surface area (Å²) in [5, 5.41) is 0. The molecule has 0 fully saturated rings. The molecule has 0 spiro atoms. The van der Waals surface area contributed by atoms with Crippen molar-refractivity contribution < 1.29 is 4.48 Å². The Bertz CT molecular complexity index is 170. The van der Waals surface area contributed by atoms with Crippen molar-refractivity contribution in [2.75, 3.05) is 0 Å². The molecular formula is C6H7FN2. The van der Waals surface area contributed by atoms with Crippen molar-refractivity contribution >= 4 is 6.21 Å². The SMILES string of the molecule is FN/C=C1/C=CN=CC1. The lowest BCUT2D eigenvalue weighted by atomic mass is 10.2. The third kappa shape index (κ3) is 1.68. The number of hydrogen-bond acceptors (Lipinski definition) is 2. The van der Waals surface area contributed by atoms with Gasteiger partial charge in [0.2, 0.25) is 0 Å². The van der Waals surface area contributed by atoms with Gasteiger partial charge in [-0.05, 0) is 11.6 Å². The van der Waals surface area contributed by atoms with E-state index in [1.807, 2.05) is 0 Å². The summed E-state index contributed by atoms with van der Waals surface area (Å²) in [7, 11) is 0. The number of halogens is 1. The Hall–Kier alpha value is -1.12. The second kappa shape index (κ2) is 3.02. The van der Waals surface area contributed by atoms with Crippen LogP contribution < -0.4 is 5.54 Å². The van der Waals surface area contributed by atoms with Crippen LogP contribution >= 0.6 is 0 Å². The van der Waals surface area contributed by atoms with Crippen molar-refractivity contribution in [3.8, 4) is 0 Å². The van der Waals surface area contributed by atoms with Crippen molar-refractivity contribution in [2.24, 2.45) is 4.99 Å². The van der Waals surface area contributed by atoms with Crippen molar-refractivity contribution in [3.63, 3.8) is 0 Å². The minimum absolute atomic E-state index is 0.702. The topological polar surface area (TPSA) is 24.4 Å². The Labute approximate surface area is 52.7 Å². The predicted octanol–water partition coefficient (Wildman–Crippen LogP) is 1.33. The third-order valence-electron chi connectivity index (χ3n) is 1.05. The number of hydrogen-bond donors (Lipinski definition) is 1. The van der Waals surface area contributed by atoms with E-state index in [0.29, 0.717) is 6.42 Å². The van der Waals surface area contributed by atoms with E-state index in [-0.39, 0.29) is 0 Å². The highest BCUT2D eigenvalue weighted by molar-refractivity contribution is 5.65. The van der Waals surface area contributed by atoms with Gasteiger partial charge in [-0.1, -0.05) is 0 Å². The van der Waals surface area contributed by atoms with Crippen LogP contribution in [0.25, 0.3) is 0 Å². The molecule has 3 heteroatoms. The van der Waals surface area contributed by atoms with E-state index in [2.05, 4.69) is 4.99 Å². The monoisotopic (exact) mass is 126 g/mol. The number of allylic oxidation sites excluding steroid dienone is 2. The standard InChI is InChI=1S/C6H7FN2/c7-9-5-6-1-3-8-4-2-6/h1,3-5,9H,2H2/b6-5-. The summed E-state index contributed by atoms with van der Waals surface area (Å²) < 4.78 is 11.4. The molecule has 0 radical (unpaired) electrons. The average Bonchev–Trinajstić information content (AvgIpc) is 1.91. The van der Waals surface area contributed by atoms with Crippen molar-refractivity contribution in [1.82, 2.24) is 5.54 Å². The molecule has 0 unspecified atom stereocenters. The Morgan fingerprint density at radius 1 is 1.78 bits per heavy atom. The molecule has 0 bridgehead atoms. The van der Waals surface area contributed by atoms with Crippen LogP contribution in [0.15, 0.2) is 29.0 Å². The highest BCUT2D eigenvalue weighted by atomic mass is 19.2. The van der Waals surface area contributed by atoms with Gasteiger partial charge in [-0.3, -0.25) is 4.99 Å². The smallest absolute Gasteiger partial charge is 0.0330 e. The first-order valence-corrected chi connectivity index (χ1v) is 2.67. The summed E-state index contributed by atoms with van der Waals surface area (Å²) in [5.74, 6) is 0. The van der Waals surface area contributed by atoms with E-state index >= 15 is 0 Å². The fourth-order valence-corrected chi connectivity index (χ4v) is 0.603. The van der Waals surface area contributed by atoms with Crippen LogP contribution in [0.4, 0.5) is 4.48 Å². The second-order valence-corrected chi connectivity index (χ2v) is 1.68. The molecule has 48 valence electrons. The average molecular weight is 126 g/mol. The minimum Gasteiger partial charge on any atom is -0.269 e. The summed E-state index contributed by atoms with van der Waals surface area (Å²) in [5.41, 5.74) is 2.36. The molecule has 1 aliphatic heterocycles. The molecular weight excluding hydrogens is 119 g/mol. The summed E-state index contributed by atoms with van der Waals surface area (Å²) >= 11 is 0. The first kappa shape index (κ1) is 6.01. The maximum absolute atomic E-state index is 11.4. The van der Waals surface area contributed by atoms with Crippen LogP contribution in [0.3, 0.4) is 0 Å². The number of rotatable bonds is 1. The van der Waals surface area contributed by atoms with E-state index in [9.17, 15) is 4.48 Å². The lowest BCUT2D eigenvalue weighted by Crippen LogP contribution is -1.92. The van der Waals surface area contributed by atoms with Crippen LogP contribution in [0.1, 0.15) is 6.42 Å². The Balaban J connectivity index is 2.55. The maximum atomic E-state index is 11.4. The van der Waals surface area contributed by atoms with Crippen molar-refractivity contribution in [3.05, 3.63) is 24.0 Å². The predicted molar refractivity (Wildman–Crippen MR) is 34.6 cm³/mol. The summed E-state index contributed by atoms with van der Waals surface area (Å²) in [6.45, 7) is 0. The molecule has 0 aliphatic carbocycles. The quantitative estimate of drug-likeness (QED) is 0.526. The van der Waals surface area contributed by atoms with Gasteiger partial charge in [0.15, 0.2) is 0 Å². The van der Waals surface area contributed by atoms with Gasteiger partial charge in [-0.15, -0.1) is 4.48 Å². The zero-order valence-corrected chi connectivity index (χ0v) is 4.84. The molecule has 1 N–H and O–H groups in total. The van der Waals surface area contributed by atoms with Crippen LogP contribution in [0.2, 0.25) is 0 Å². The highest BCUT2D eigenvalue weighted by Crippen LogP contribution is 2.03. The Morgan fingerprint density at radius 2 is 2.67 bits per heavy atom. The number of aliphatic imine (C=N–C) groups is 1. The molecule has 1 aliphatic rings. The molecule has 1 rings (SSSR count). The van der Waals surface area contributed by atoms with Crippen molar-refractivity contribution in [1.29, 1.82) is 0 Å². The largest absolute Gasteiger partial charge is 0.269 e. The highest BCUT2D eigenvalue weighted by Gasteiger charge is 1.91. The van der Waals surface area contributed by atoms with E-state index in [0.717, 1.165) is 5.57 Å². The molecule has 1 heterocycles. The lowest BCUT2D eigenvalue weighted by Gasteiger charge is -1.97. The molecule has 0 atom stereocenters. The molecule has 9 heavy (non-hydrogen) atoms. The fraction of sp³-hybridized carbons (Fsp3) is 0.167. The van der Waals surface area contributed by atoms with Gasteiger partial charge in [0.25, 0.3) is 0 Å². The normalized spacial score (nSPS) is 20.8. The fourth-order valence-electron chi connectivity index (χ4n) is 0.603. The van der Waals surface area contributed by atoms with Crippen LogP contribution in [-0.2, 0) is 0 Å². The number of nitrogens with one attached hydrogen (secondary N) is 1. The van der Waals surface area contributed by atoms with Gasteiger partial charge in [0.1, 0.15) is 0 Å². The second-order valence-electron chi connectivity index (χ2n) is 1.68. The van der Waals surface area contributed by atoms with E-state index in [4.69, 9.17) is 0 Å². The molecule has 0 saturated heterocycles. The minimum atomic E-state index is 0.702. The third-order valence-corrected chi connectivity index (χ3v) is 1.05. The van der Waals surface area contributed by atoms with Gasteiger partial charge >= 0.3 is 0 Å². The summed E-state index contributed by atoms with van der Waals surface area (Å²) in [6, 6.07) is 0. The van der Waals surface area contributed by atoms with E-state index in [1.54, 1.807) is 18.5 Å². The van der Waals surface area contributed by atoms with Gasteiger partial charge < -0.3 is 0 Å². The van der Waals surface area contributed by atoms with E-state index in [1.165, 1.54) is 11.7 Å². The Kier molecular flexibility index (Phi) is 2.01. The van der Waals surface area contributed by atoms with Crippen molar-refractivity contribution in [2.45, 2.75) is 6.42 Å². The Morgan fingerprint density at radius 3 is 3.22 bits per heavy atom. The van der Waals surface area contributed by atoms with Gasteiger partial charge in [0, 0.05) is 25.0 Å². The molecule has 2 nitrogen and oxygen atoms in total. The molecule has 0 aromatic carbocycles. The first-order valence-electron chi connectivity index (χ1n) is 2.67. The molecule has 0 saturated carbocycles. The summed E-state index contributed by atoms with van der Waals surface area (Å²) in [6.07, 6.45) is 7.12. The van der Waals surface area contributed by atoms with Gasteiger partial charge in [-0.25, -0.2) is 5.54 Å². The van der Waals surface area contributed by atoms with Crippen LogP contribution in [0.5, 0.6) is 0 Å². The van der Waals surface area contributed by atoms with Gasteiger partial charge in [-0.2, -0.15) is 0 Å². The van der Waals surface area contributed by atoms with E-state index < -0.39 is 0 Å². The zero-order valence-electron chi connectivity index (χ0n) is 4.84. The first-order chi connectivity index (χ1) is 4.43. The van der Waals surface area contributed by atoms with Gasteiger partial charge in [0.05, 0.1) is 0 Å². The molecule has 0 amide bonds. The molecule has 0 aromatic rings. The maximum Gasteiger partial charge on any atom is 0.0330 e. The number of nitrogens with zero attached hydrogens (tertiary/aromatic N) is 1. The summed E-state index contributed by atoms with van der Waals surface area (Å²) in [4.78, 5) is 3.81. The zero-order chi connectivity index (χ0) is 6.53. The van der Waals surface area contributed by atoms with Crippen LogP contribution in [-0.4, -0.2) is 6.21 Å². The van der Waals surface area contributed by atoms with Crippen LogP contribution in [0, 0.1) is 0 Å².